The summed E-state index contributed by atoms with van der Waals surface area (Å²) in [5, 5.41) is 1.12. The van der Waals surface area contributed by atoms with Crippen LogP contribution in [-0.4, -0.2) is 49.1 Å². The van der Waals surface area contributed by atoms with E-state index in [2.05, 4.69) is 31.2 Å². The molecular weight excluding hydrogens is 338 g/mol. The van der Waals surface area contributed by atoms with Gasteiger partial charge >= 0.3 is 0 Å². The van der Waals surface area contributed by atoms with Crippen molar-refractivity contribution in [2.45, 2.75) is 46.3 Å². The predicted octanol–water partition coefficient (Wildman–Crippen LogP) is 3.77. The fourth-order valence-corrected chi connectivity index (χ4v) is 3.72. The molecule has 0 aliphatic carbocycles. The largest absolute Gasteiger partial charge is 0.376 e. The Balaban J connectivity index is 1.97. The second kappa shape index (κ2) is 8.26. The standard InChI is InChI=1S/C22H31N3O2/c1-15(2)22(26)25(14-19-10-7-11-27-19)13-18-12-17-9-6-8-16(3)20(17)23-21(18)24(4)5/h6,8-9,12,15,19H,7,10-11,13-14H2,1-5H3. The minimum absolute atomic E-state index is 0.0372. The van der Waals surface area contributed by atoms with Crippen LogP contribution in [0.3, 0.4) is 0 Å². The molecule has 0 N–H and O–H groups in total. The van der Waals surface area contributed by atoms with Crippen molar-refractivity contribution in [2.75, 3.05) is 32.1 Å². The number of carbonyl (C=O) groups excluding carboxylic acids is 1. The van der Waals surface area contributed by atoms with Crippen LogP contribution < -0.4 is 4.90 Å². The first kappa shape index (κ1) is 19.6. The molecule has 1 aromatic heterocycles. The van der Waals surface area contributed by atoms with Gasteiger partial charge in [-0.1, -0.05) is 32.0 Å². The zero-order valence-electron chi connectivity index (χ0n) is 17.2. The second-order valence-corrected chi connectivity index (χ2v) is 8.02. The van der Waals surface area contributed by atoms with Crippen LogP contribution in [0, 0.1) is 12.8 Å². The molecule has 0 spiro atoms. The highest BCUT2D eigenvalue weighted by Crippen LogP contribution is 2.27. The van der Waals surface area contributed by atoms with Crippen LogP contribution in [0.1, 0.15) is 37.8 Å². The zero-order chi connectivity index (χ0) is 19.6. The van der Waals surface area contributed by atoms with Gasteiger partial charge in [0.1, 0.15) is 5.82 Å². The SMILES string of the molecule is Cc1cccc2cc(CN(CC3CCCO3)C(=O)C(C)C)c(N(C)C)nc12. The van der Waals surface area contributed by atoms with Crippen LogP contribution in [0.2, 0.25) is 0 Å². The number of amides is 1. The van der Waals surface area contributed by atoms with E-state index in [1.165, 1.54) is 0 Å². The highest BCUT2D eigenvalue weighted by atomic mass is 16.5. The second-order valence-electron chi connectivity index (χ2n) is 8.02. The molecule has 0 radical (unpaired) electrons. The molecular formula is C22H31N3O2. The molecule has 0 bridgehead atoms. The minimum atomic E-state index is -0.0372. The van der Waals surface area contributed by atoms with Crippen LogP contribution in [0.4, 0.5) is 5.82 Å². The number of benzene rings is 1. The summed E-state index contributed by atoms with van der Waals surface area (Å²) in [6.45, 7) is 8.00. The Kier molecular flexibility index (Phi) is 6.00. The molecule has 2 heterocycles. The number of rotatable bonds is 6. The number of fused-ring (bicyclic) bond motifs is 1. The summed E-state index contributed by atoms with van der Waals surface area (Å²) < 4.78 is 5.79. The van der Waals surface area contributed by atoms with E-state index in [0.717, 1.165) is 47.3 Å². The lowest BCUT2D eigenvalue weighted by atomic mass is 10.1. The molecule has 3 rings (SSSR count). The fraction of sp³-hybridized carbons (Fsp3) is 0.545. The average molecular weight is 370 g/mol. The van der Waals surface area contributed by atoms with Crippen LogP contribution in [0.25, 0.3) is 10.9 Å². The smallest absolute Gasteiger partial charge is 0.225 e. The van der Waals surface area contributed by atoms with Crippen molar-refractivity contribution in [3.8, 4) is 0 Å². The topological polar surface area (TPSA) is 45.7 Å². The van der Waals surface area contributed by atoms with Crippen LogP contribution in [-0.2, 0) is 16.1 Å². The molecule has 146 valence electrons. The van der Waals surface area contributed by atoms with Gasteiger partial charge in [-0.3, -0.25) is 4.79 Å². The number of pyridine rings is 1. The molecule has 2 aromatic rings. The highest BCUT2D eigenvalue weighted by molar-refractivity contribution is 5.85. The number of nitrogens with zero attached hydrogens (tertiary/aromatic N) is 3. The fourth-order valence-electron chi connectivity index (χ4n) is 3.72. The molecule has 1 aliphatic heterocycles. The molecule has 1 unspecified atom stereocenters. The Morgan fingerprint density at radius 2 is 2.11 bits per heavy atom. The maximum absolute atomic E-state index is 12.9. The van der Waals surface area contributed by atoms with Gasteiger partial charge in [0.25, 0.3) is 0 Å². The van der Waals surface area contributed by atoms with E-state index in [1.807, 2.05) is 37.7 Å². The first-order chi connectivity index (χ1) is 12.9. The van der Waals surface area contributed by atoms with E-state index >= 15 is 0 Å². The number of hydrogen-bond donors (Lipinski definition) is 0. The summed E-state index contributed by atoms with van der Waals surface area (Å²) >= 11 is 0. The van der Waals surface area contributed by atoms with Gasteiger partial charge in [0.2, 0.25) is 5.91 Å². The van der Waals surface area contributed by atoms with Crippen molar-refractivity contribution in [3.63, 3.8) is 0 Å². The Labute approximate surface area is 162 Å². The van der Waals surface area contributed by atoms with E-state index in [0.29, 0.717) is 13.1 Å². The van der Waals surface area contributed by atoms with Crippen molar-refractivity contribution in [1.82, 2.24) is 9.88 Å². The number of anilines is 1. The van der Waals surface area contributed by atoms with Crippen molar-refractivity contribution in [3.05, 3.63) is 35.4 Å². The van der Waals surface area contributed by atoms with Crippen molar-refractivity contribution < 1.29 is 9.53 Å². The van der Waals surface area contributed by atoms with E-state index in [9.17, 15) is 4.79 Å². The Morgan fingerprint density at radius 1 is 1.33 bits per heavy atom. The molecule has 5 heteroatoms. The zero-order valence-corrected chi connectivity index (χ0v) is 17.2. The first-order valence-electron chi connectivity index (χ1n) is 9.83. The summed E-state index contributed by atoms with van der Waals surface area (Å²) in [7, 11) is 4.01. The maximum atomic E-state index is 12.9. The molecule has 1 fully saturated rings. The normalized spacial score (nSPS) is 16.9. The van der Waals surface area contributed by atoms with Crippen LogP contribution in [0.5, 0.6) is 0 Å². The van der Waals surface area contributed by atoms with Crippen molar-refractivity contribution in [2.24, 2.45) is 5.92 Å². The summed E-state index contributed by atoms with van der Waals surface area (Å²) in [6, 6.07) is 8.41. The maximum Gasteiger partial charge on any atom is 0.225 e. The van der Waals surface area contributed by atoms with Gasteiger partial charge in [0.05, 0.1) is 11.6 Å². The Hall–Kier alpha value is -2.14. The van der Waals surface area contributed by atoms with Crippen LogP contribution >= 0.6 is 0 Å². The van der Waals surface area contributed by atoms with Gasteiger partial charge in [-0.2, -0.15) is 0 Å². The summed E-state index contributed by atoms with van der Waals surface area (Å²) in [4.78, 5) is 21.8. The molecule has 1 saturated heterocycles. The molecule has 1 aromatic carbocycles. The van der Waals surface area contributed by atoms with Gasteiger partial charge in [0.15, 0.2) is 0 Å². The lowest BCUT2D eigenvalue weighted by Gasteiger charge is -2.29. The van der Waals surface area contributed by atoms with Gasteiger partial charge < -0.3 is 14.5 Å². The quantitative estimate of drug-likeness (QED) is 0.777. The molecule has 5 nitrogen and oxygen atoms in total. The number of para-hydroxylation sites is 1. The van der Waals surface area contributed by atoms with Gasteiger partial charge in [-0.05, 0) is 31.4 Å². The third-order valence-electron chi connectivity index (χ3n) is 5.14. The number of carbonyl (C=O) groups is 1. The van der Waals surface area contributed by atoms with Crippen molar-refractivity contribution in [1.29, 1.82) is 0 Å². The average Bonchev–Trinajstić information content (AvgIpc) is 3.13. The lowest BCUT2D eigenvalue weighted by Crippen LogP contribution is -2.39. The van der Waals surface area contributed by atoms with E-state index in [-0.39, 0.29) is 17.9 Å². The summed E-state index contributed by atoms with van der Waals surface area (Å²) in [5.74, 6) is 1.05. The molecule has 0 saturated carbocycles. The molecule has 1 aliphatic rings. The van der Waals surface area contributed by atoms with Gasteiger partial charge in [-0.15, -0.1) is 0 Å². The molecule has 27 heavy (non-hydrogen) atoms. The van der Waals surface area contributed by atoms with E-state index in [1.54, 1.807) is 0 Å². The number of aromatic nitrogens is 1. The van der Waals surface area contributed by atoms with Crippen LogP contribution in [0.15, 0.2) is 24.3 Å². The number of ether oxygens (including phenoxy) is 1. The minimum Gasteiger partial charge on any atom is -0.376 e. The third kappa shape index (κ3) is 4.41. The van der Waals surface area contributed by atoms with Gasteiger partial charge in [-0.25, -0.2) is 4.98 Å². The number of hydrogen-bond acceptors (Lipinski definition) is 4. The Morgan fingerprint density at radius 3 is 2.74 bits per heavy atom. The van der Waals surface area contributed by atoms with Crippen molar-refractivity contribution >= 4 is 22.6 Å². The van der Waals surface area contributed by atoms with Gasteiger partial charge in [0, 0.05) is 50.7 Å². The van der Waals surface area contributed by atoms with E-state index in [4.69, 9.17) is 9.72 Å². The summed E-state index contributed by atoms with van der Waals surface area (Å²) in [5.41, 5.74) is 3.26. The third-order valence-corrected chi connectivity index (χ3v) is 5.14. The molecule has 1 amide bonds. The highest BCUT2D eigenvalue weighted by Gasteiger charge is 2.25. The van der Waals surface area contributed by atoms with E-state index < -0.39 is 0 Å². The summed E-state index contributed by atoms with van der Waals surface area (Å²) in [6.07, 6.45) is 2.25. The lowest BCUT2D eigenvalue weighted by molar-refractivity contribution is -0.136. The first-order valence-corrected chi connectivity index (χ1v) is 9.83. The number of aryl methyl sites for hydroxylation is 1. The predicted molar refractivity (Wildman–Crippen MR) is 110 cm³/mol. The monoisotopic (exact) mass is 369 g/mol. The molecule has 1 atom stereocenters. The Bertz CT molecular complexity index is 811.